The number of rotatable bonds is 2. The van der Waals surface area contributed by atoms with E-state index >= 15 is 0 Å². The minimum Gasteiger partial charge on any atom is -0.478 e. The minimum atomic E-state index is -0.736. The van der Waals surface area contributed by atoms with Gasteiger partial charge in [0.1, 0.15) is 0 Å². The topological polar surface area (TPSA) is 40.5 Å². The Labute approximate surface area is 103 Å². The molecule has 96 valence electrons. The van der Waals surface area contributed by atoms with Crippen molar-refractivity contribution in [3.63, 3.8) is 0 Å². The van der Waals surface area contributed by atoms with Gasteiger partial charge in [-0.25, -0.2) is 4.79 Å². The van der Waals surface area contributed by atoms with Crippen LogP contribution in [0.3, 0.4) is 0 Å². The Morgan fingerprint density at radius 3 is 2.47 bits per heavy atom. The summed E-state index contributed by atoms with van der Waals surface area (Å²) in [4.78, 5) is 13.4. The highest BCUT2D eigenvalue weighted by Gasteiger charge is 2.24. The third-order valence-corrected chi connectivity index (χ3v) is 4.05. The lowest BCUT2D eigenvalue weighted by molar-refractivity contribution is -0.133. The molecule has 1 saturated carbocycles. The molecule has 1 heterocycles. The van der Waals surface area contributed by atoms with Crippen molar-refractivity contribution in [1.29, 1.82) is 0 Å². The fourth-order valence-corrected chi connectivity index (χ4v) is 3.03. The second kappa shape index (κ2) is 6.20. The maximum Gasteiger partial charge on any atom is 0.332 e. The highest BCUT2D eigenvalue weighted by atomic mass is 16.4. The zero-order valence-corrected chi connectivity index (χ0v) is 10.5. The van der Waals surface area contributed by atoms with Crippen molar-refractivity contribution >= 4 is 5.97 Å². The van der Waals surface area contributed by atoms with Gasteiger partial charge in [0.2, 0.25) is 0 Å². The standard InChI is InChI=1S/C14H23NO2/c16-14(17)12-7-6-10-15(11-12)13-8-4-2-1-3-5-9-13/h7,13H,1-6,8-11H2,(H,16,17). The Morgan fingerprint density at radius 2 is 1.82 bits per heavy atom. The predicted molar refractivity (Wildman–Crippen MR) is 68.0 cm³/mol. The Hall–Kier alpha value is -0.830. The van der Waals surface area contributed by atoms with Gasteiger partial charge in [0.15, 0.2) is 0 Å². The van der Waals surface area contributed by atoms with Gasteiger partial charge in [-0.05, 0) is 19.3 Å². The van der Waals surface area contributed by atoms with Crippen LogP contribution in [0.5, 0.6) is 0 Å². The van der Waals surface area contributed by atoms with E-state index in [4.69, 9.17) is 5.11 Å². The van der Waals surface area contributed by atoms with E-state index in [2.05, 4.69) is 4.90 Å². The number of carboxylic acid groups (broad SMARTS) is 1. The number of hydrogen-bond donors (Lipinski definition) is 1. The van der Waals surface area contributed by atoms with E-state index in [1.165, 1.54) is 44.9 Å². The highest BCUT2D eigenvalue weighted by molar-refractivity contribution is 5.87. The van der Waals surface area contributed by atoms with Gasteiger partial charge in [-0.15, -0.1) is 0 Å². The minimum absolute atomic E-state index is 0.596. The predicted octanol–water partition coefficient (Wildman–Crippen LogP) is 2.82. The first-order valence-electron chi connectivity index (χ1n) is 6.94. The van der Waals surface area contributed by atoms with Gasteiger partial charge >= 0.3 is 5.97 Å². The zero-order valence-electron chi connectivity index (χ0n) is 10.5. The summed E-state index contributed by atoms with van der Waals surface area (Å²) in [5.41, 5.74) is 0.596. The third-order valence-electron chi connectivity index (χ3n) is 4.05. The summed E-state index contributed by atoms with van der Waals surface area (Å²) in [6, 6.07) is 0.623. The van der Waals surface area contributed by atoms with Crippen molar-refractivity contribution in [1.82, 2.24) is 4.90 Å². The van der Waals surface area contributed by atoms with Gasteiger partial charge in [-0.2, -0.15) is 0 Å². The summed E-state index contributed by atoms with van der Waals surface area (Å²) in [5, 5.41) is 9.06. The average molecular weight is 237 g/mol. The second-order valence-electron chi connectivity index (χ2n) is 5.29. The Morgan fingerprint density at radius 1 is 1.18 bits per heavy atom. The van der Waals surface area contributed by atoms with Crippen molar-refractivity contribution in [2.24, 2.45) is 0 Å². The molecular weight excluding hydrogens is 214 g/mol. The largest absolute Gasteiger partial charge is 0.478 e. The summed E-state index contributed by atoms with van der Waals surface area (Å²) in [6.07, 6.45) is 12.0. The first-order chi connectivity index (χ1) is 8.27. The Kier molecular flexibility index (Phi) is 4.60. The summed E-state index contributed by atoms with van der Waals surface area (Å²) in [5.74, 6) is -0.736. The van der Waals surface area contributed by atoms with Crippen molar-refractivity contribution in [3.05, 3.63) is 11.6 Å². The molecular formula is C14H23NO2. The van der Waals surface area contributed by atoms with Crippen LogP contribution in [0.2, 0.25) is 0 Å². The van der Waals surface area contributed by atoms with Gasteiger partial charge < -0.3 is 5.11 Å². The lowest BCUT2D eigenvalue weighted by Crippen LogP contribution is -2.40. The zero-order chi connectivity index (χ0) is 12.1. The third kappa shape index (κ3) is 3.56. The summed E-state index contributed by atoms with van der Waals surface area (Å²) >= 11 is 0. The van der Waals surface area contributed by atoms with Crippen molar-refractivity contribution in [2.75, 3.05) is 13.1 Å². The molecule has 3 nitrogen and oxygen atoms in total. The van der Waals surface area contributed by atoms with E-state index in [0.29, 0.717) is 18.2 Å². The molecule has 0 aromatic rings. The maximum atomic E-state index is 11.0. The van der Waals surface area contributed by atoms with Gasteiger partial charge in [0.25, 0.3) is 0 Å². The maximum absolute atomic E-state index is 11.0. The van der Waals surface area contributed by atoms with Crippen LogP contribution in [0.1, 0.15) is 51.4 Å². The average Bonchev–Trinajstić information content (AvgIpc) is 2.28. The number of nitrogens with zero attached hydrogens (tertiary/aromatic N) is 1. The molecule has 0 spiro atoms. The molecule has 0 saturated heterocycles. The molecule has 0 aromatic heterocycles. The second-order valence-corrected chi connectivity index (χ2v) is 5.29. The Balaban J connectivity index is 1.92. The van der Waals surface area contributed by atoms with E-state index in [-0.39, 0.29) is 0 Å². The van der Waals surface area contributed by atoms with E-state index in [1.807, 2.05) is 6.08 Å². The fourth-order valence-electron chi connectivity index (χ4n) is 3.03. The highest BCUT2D eigenvalue weighted by Crippen LogP contribution is 2.24. The molecule has 0 aromatic carbocycles. The first-order valence-corrected chi connectivity index (χ1v) is 6.94. The fraction of sp³-hybridized carbons (Fsp3) is 0.786. The molecule has 3 heteroatoms. The number of aliphatic carboxylic acids is 1. The van der Waals surface area contributed by atoms with Crippen LogP contribution >= 0.6 is 0 Å². The van der Waals surface area contributed by atoms with E-state index < -0.39 is 5.97 Å². The van der Waals surface area contributed by atoms with Crippen molar-refractivity contribution < 1.29 is 9.90 Å². The summed E-state index contributed by atoms with van der Waals surface area (Å²) < 4.78 is 0. The van der Waals surface area contributed by atoms with Crippen LogP contribution in [0.25, 0.3) is 0 Å². The molecule has 17 heavy (non-hydrogen) atoms. The summed E-state index contributed by atoms with van der Waals surface area (Å²) in [6.45, 7) is 1.70. The lowest BCUT2D eigenvalue weighted by atomic mass is 9.94. The van der Waals surface area contributed by atoms with Gasteiger partial charge in [-0.1, -0.05) is 38.2 Å². The molecule has 0 amide bonds. The molecule has 0 unspecified atom stereocenters. The van der Waals surface area contributed by atoms with Crippen LogP contribution in [0.15, 0.2) is 11.6 Å². The number of carboxylic acids is 1. The van der Waals surface area contributed by atoms with Crippen molar-refractivity contribution in [3.8, 4) is 0 Å². The first kappa shape index (κ1) is 12.6. The van der Waals surface area contributed by atoms with Crippen LogP contribution in [0, 0.1) is 0 Å². The van der Waals surface area contributed by atoms with E-state index in [1.54, 1.807) is 0 Å². The Bertz CT molecular complexity index is 291. The monoisotopic (exact) mass is 237 g/mol. The van der Waals surface area contributed by atoms with Gasteiger partial charge in [-0.3, -0.25) is 4.90 Å². The van der Waals surface area contributed by atoms with Crippen LogP contribution < -0.4 is 0 Å². The molecule has 1 aliphatic carbocycles. The molecule has 0 atom stereocenters. The molecule has 1 fully saturated rings. The van der Waals surface area contributed by atoms with Gasteiger partial charge in [0, 0.05) is 24.7 Å². The molecule has 1 aliphatic heterocycles. The van der Waals surface area contributed by atoms with Crippen LogP contribution in [-0.2, 0) is 4.79 Å². The van der Waals surface area contributed by atoms with Crippen LogP contribution in [0.4, 0.5) is 0 Å². The molecule has 2 aliphatic rings. The smallest absolute Gasteiger partial charge is 0.332 e. The van der Waals surface area contributed by atoms with E-state index in [9.17, 15) is 4.79 Å². The summed E-state index contributed by atoms with van der Waals surface area (Å²) in [7, 11) is 0. The van der Waals surface area contributed by atoms with Crippen LogP contribution in [-0.4, -0.2) is 35.1 Å². The SMILES string of the molecule is O=C(O)C1=CCCN(C2CCCCCCC2)C1. The van der Waals surface area contributed by atoms with E-state index in [0.717, 1.165) is 13.0 Å². The lowest BCUT2D eigenvalue weighted by Gasteiger charge is -2.35. The molecule has 0 radical (unpaired) electrons. The molecule has 0 bridgehead atoms. The number of hydrogen-bond acceptors (Lipinski definition) is 2. The number of carbonyl (C=O) groups is 1. The molecule has 1 N–H and O–H groups in total. The quantitative estimate of drug-likeness (QED) is 0.803. The normalized spacial score (nSPS) is 24.8. The van der Waals surface area contributed by atoms with Crippen molar-refractivity contribution in [2.45, 2.75) is 57.4 Å². The van der Waals surface area contributed by atoms with Gasteiger partial charge in [0.05, 0.1) is 0 Å². The molecule has 2 rings (SSSR count).